The molecule has 1 aromatic heterocycles. The minimum absolute atomic E-state index is 0.0300. The number of oxazole rings is 1. The number of aryl methyl sites for hydroxylation is 3. The number of aromatic nitrogens is 1. The molecule has 8 rings (SSSR count). The van der Waals surface area contributed by atoms with Crippen LogP contribution in [-0.4, -0.2) is 220 Å². The van der Waals surface area contributed by atoms with Crippen molar-refractivity contribution in [2.45, 2.75) is 176 Å². The number of carbonyl (C=O) groups is 12. The van der Waals surface area contributed by atoms with Crippen LogP contribution in [0.3, 0.4) is 0 Å². The Morgan fingerprint density at radius 1 is 0.587 bits per heavy atom. The summed E-state index contributed by atoms with van der Waals surface area (Å²) in [6.07, 6.45) is -1.46. The number of benzene rings is 2. The van der Waals surface area contributed by atoms with Crippen LogP contribution in [0.25, 0.3) is 11.1 Å². The average Bonchev–Trinajstić information content (AvgIpc) is 1.26. The van der Waals surface area contributed by atoms with E-state index in [1.807, 2.05) is 0 Å². The highest BCUT2D eigenvalue weighted by molar-refractivity contribution is 6.15. The van der Waals surface area contributed by atoms with Gasteiger partial charge in [-0.1, -0.05) is 61.5 Å². The Labute approximate surface area is 534 Å². The van der Waals surface area contributed by atoms with Crippen molar-refractivity contribution >= 4 is 93.5 Å². The van der Waals surface area contributed by atoms with E-state index in [0.29, 0.717) is 36.8 Å². The molecule has 0 aliphatic carbocycles. The predicted octanol–water partition coefficient (Wildman–Crippen LogP) is 2.84. The molecule has 92 heavy (non-hydrogen) atoms. The number of anilines is 2. The van der Waals surface area contributed by atoms with E-state index in [1.165, 1.54) is 72.6 Å². The second-order valence-corrected chi connectivity index (χ2v) is 26.3. The first-order valence-corrected chi connectivity index (χ1v) is 31.4. The summed E-state index contributed by atoms with van der Waals surface area (Å²) in [4.78, 5) is 187. The Bertz CT molecular complexity index is 3490. The lowest BCUT2D eigenvalue weighted by atomic mass is 9.98. The minimum atomic E-state index is -1.79. The zero-order valence-corrected chi connectivity index (χ0v) is 55.6. The number of cyclic esters (lactones) is 2. The number of hydrogen-bond acceptors (Lipinski definition) is 18. The summed E-state index contributed by atoms with van der Waals surface area (Å²) in [6.45, 7) is 20.7. The fourth-order valence-corrected chi connectivity index (χ4v) is 12.9. The lowest BCUT2D eigenvalue weighted by Crippen LogP contribution is -2.61. The smallest absolute Gasteiger partial charge is 0.329 e. The Hall–Kier alpha value is -8.85. The first kappa shape index (κ1) is 69.0. The quantitative estimate of drug-likeness (QED) is 0.158. The molecule has 0 unspecified atom stereocenters. The first-order chi connectivity index (χ1) is 43.2. The van der Waals surface area contributed by atoms with Gasteiger partial charge in [0.15, 0.2) is 23.0 Å². The Balaban J connectivity index is 1.19. The third-order valence-electron chi connectivity index (χ3n) is 18.1. The predicted molar refractivity (Wildman–Crippen MR) is 333 cm³/mol. The molecule has 10 atom stereocenters. The van der Waals surface area contributed by atoms with Crippen molar-refractivity contribution in [2.75, 3.05) is 59.7 Å². The van der Waals surface area contributed by atoms with Crippen LogP contribution >= 0.6 is 0 Å². The number of likely N-dealkylation sites (N-methyl/N-ethyl adjacent to an activating group) is 4. The summed E-state index contributed by atoms with van der Waals surface area (Å²) < 4.78 is 24.8. The summed E-state index contributed by atoms with van der Waals surface area (Å²) >= 11 is 0. The largest absolute Gasteiger partial charge is 0.458 e. The van der Waals surface area contributed by atoms with Crippen molar-refractivity contribution in [3.8, 4) is 11.5 Å². The number of ether oxygens (including phenoxy) is 3. The van der Waals surface area contributed by atoms with E-state index in [-0.39, 0.29) is 64.1 Å². The van der Waals surface area contributed by atoms with Crippen molar-refractivity contribution in [3.63, 3.8) is 0 Å². The zero-order chi connectivity index (χ0) is 68.0. The number of nitrogens with zero attached hydrogens (tertiary/aromatic N) is 7. The Kier molecular flexibility index (Phi) is 20.7. The van der Waals surface area contributed by atoms with E-state index < -0.39 is 168 Å². The van der Waals surface area contributed by atoms with Crippen molar-refractivity contribution in [3.05, 3.63) is 40.3 Å². The van der Waals surface area contributed by atoms with Gasteiger partial charge in [0, 0.05) is 53.8 Å². The van der Waals surface area contributed by atoms with Crippen molar-refractivity contribution in [1.82, 2.24) is 55.7 Å². The van der Waals surface area contributed by atoms with Gasteiger partial charge in [0.25, 0.3) is 11.8 Å². The zero-order valence-electron chi connectivity index (χ0n) is 55.6. The molecule has 0 saturated carbocycles. The average molecular weight is 1280 g/mol. The molecule has 2 aromatic carbocycles. The maximum Gasteiger partial charge on any atom is 0.329 e. The molecule has 10 amide bonds. The molecule has 28 heteroatoms. The number of rotatable bonds is 8. The van der Waals surface area contributed by atoms with Gasteiger partial charge in [0.1, 0.15) is 66.1 Å². The molecule has 0 spiro atoms. The van der Waals surface area contributed by atoms with Crippen LogP contribution in [0.1, 0.15) is 133 Å². The fourth-order valence-electron chi connectivity index (χ4n) is 12.9. The highest BCUT2D eigenvalue weighted by Crippen LogP contribution is 2.51. The van der Waals surface area contributed by atoms with Gasteiger partial charge in [-0.25, -0.2) is 14.6 Å². The van der Waals surface area contributed by atoms with Crippen LogP contribution in [0.2, 0.25) is 0 Å². The van der Waals surface area contributed by atoms with Crippen molar-refractivity contribution < 1.29 is 76.2 Å². The Morgan fingerprint density at radius 3 is 1.47 bits per heavy atom. The van der Waals surface area contributed by atoms with Crippen LogP contribution in [0.15, 0.2) is 16.5 Å². The highest BCUT2D eigenvalue weighted by atomic mass is 16.6. The summed E-state index contributed by atoms with van der Waals surface area (Å²) in [5.41, 5.74) is 0.342. The molecule has 3 aromatic rings. The first-order valence-electron chi connectivity index (χ1n) is 31.4. The van der Waals surface area contributed by atoms with Crippen LogP contribution < -0.4 is 31.3 Å². The van der Waals surface area contributed by atoms with E-state index in [9.17, 15) is 43.2 Å². The van der Waals surface area contributed by atoms with Gasteiger partial charge < -0.3 is 74.6 Å². The van der Waals surface area contributed by atoms with Gasteiger partial charge >= 0.3 is 11.9 Å². The molecule has 4 fully saturated rings. The summed E-state index contributed by atoms with van der Waals surface area (Å²) in [5, 5.41) is 14.3. The van der Waals surface area contributed by atoms with Crippen LogP contribution in [0, 0.1) is 44.4 Å². The number of hydrogen-bond donors (Lipinski definition) is 5. The molecule has 4 saturated heterocycles. The lowest BCUT2D eigenvalue weighted by Gasteiger charge is -2.36. The van der Waals surface area contributed by atoms with Gasteiger partial charge in [0.2, 0.25) is 47.3 Å². The second-order valence-electron chi connectivity index (χ2n) is 26.3. The maximum absolute atomic E-state index is 15.6. The second kappa shape index (κ2) is 27.5. The summed E-state index contributed by atoms with van der Waals surface area (Å²) in [7, 11) is 5.68. The standard InChI is InChI=1S/C64H88N12O16/c1-28(2)43-61(85)75-24-18-20-38(75)59(83)71(14)26-40(77)73(16)50(30(5)6)63(87)89-34(11)45(57(81)67-43)69-55(79)37-23-22-32(9)52-47(37)66-49-42(48-53(91-36(13)65-48)33(10)54(49)92-52)56(80)70-46-35(12)90-64(88)51(31(7)8)74(17)41(78)27-72(15)60(84)39-21-19-25-76(39)62(86)44(29(3)4)68-58(46)82/h22-23,28-31,34-35,38-39,43-46,50-51,66H,18-21,24-27H2,1-17H3,(H,67,81)(H,68,82)(H,69,79)(H,70,80)/t34-,35-,38-,39+,43-,44-,45+,46-,50+,51+/m1/s1. The number of nitrogens with one attached hydrogen (secondary N) is 5. The van der Waals surface area contributed by atoms with E-state index in [0.717, 1.165) is 4.90 Å². The SMILES string of the molecule is Cc1nc2c(C(=O)N[C@H]3C(=O)N[C@H](C(C)C)C(=O)N4CCC[C@H]4C(=O)N(C)CC(=O)N(C)[C@@H](C(C)C)C(=O)O[C@@H]3C)c3c(c(C)c2o1)Oc1c(C)ccc(C(=O)N[C@@H]2C(=O)N[C@H](C(C)C)C(=O)N4CCC[C@@H]4C(=O)N(C)CC(=O)N(C)[C@@H](C(C)C)C(=O)O[C@@H]2C)c1N3. The molecule has 6 heterocycles. The van der Waals surface area contributed by atoms with Crippen molar-refractivity contribution in [2.24, 2.45) is 23.7 Å². The van der Waals surface area contributed by atoms with E-state index >= 15 is 14.4 Å². The highest BCUT2D eigenvalue weighted by Gasteiger charge is 2.47. The van der Waals surface area contributed by atoms with Gasteiger partial charge in [-0.2, -0.15) is 0 Å². The lowest BCUT2D eigenvalue weighted by molar-refractivity contribution is -0.163. The summed E-state index contributed by atoms with van der Waals surface area (Å²) in [6, 6.07) is -7.40. The molecule has 5 N–H and O–H groups in total. The maximum atomic E-state index is 15.6. The molecule has 5 aliphatic heterocycles. The van der Waals surface area contributed by atoms with Gasteiger partial charge in [-0.05, 0) is 88.7 Å². The molecule has 0 bridgehead atoms. The van der Waals surface area contributed by atoms with Crippen LogP contribution in [-0.2, 0) is 57.4 Å². The topological polar surface area (TPSA) is 338 Å². The van der Waals surface area contributed by atoms with Crippen molar-refractivity contribution in [1.29, 1.82) is 0 Å². The van der Waals surface area contributed by atoms with Gasteiger partial charge in [-0.15, -0.1) is 0 Å². The van der Waals surface area contributed by atoms with E-state index in [2.05, 4.69) is 31.6 Å². The molecule has 5 aliphatic rings. The van der Waals surface area contributed by atoms with E-state index in [1.54, 1.807) is 82.2 Å². The van der Waals surface area contributed by atoms with Crippen LogP contribution in [0.5, 0.6) is 11.5 Å². The molecular formula is C64H88N12O16. The van der Waals surface area contributed by atoms with Gasteiger partial charge in [0.05, 0.1) is 35.6 Å². The fraction of sp³-hybridized carbons (Fsp3) is 0.609. The number of amides is 10. The van der Waals surface area contributed by atoms with Crippen LogP contribution in [0.4, 0.5) is 11.4 Å². The van der Waals surface area contributed by atoms with Gasteiger partial charge in [-0.3, -0.25) is 47.9 Å². The number of fused-ring (bicyclic) bond motifs is 5. The van der Waals surface area contributed by atoms with E-state index in [4.69, 9.17) is 18.6 Å². The molecule has 0 radical (unpaired) electrons. The minimum Gasteiger partial charge on any atom is -0.458 e. The molecular weight excluding hydrogens is 1190 g/mol. The summed E-state index contributed by atoms with van der Waals surface area (Å²) in [5.74, 6) is -11.1. The molecule has 500 valence electrons. The molecule has 28 nitrogen and oxygen atoms in total. The normalized spacial score (nSPS) is 26.2. The third kappa shape index (κ3) is 13.5. The number of carbonyl (C=O) groups excluding carboxylic acids is 12. The third-order valence-corrected chi connectivity index (χ3v) is 18.1. The number of esters is 2. The Morgan fingerprint density at radius 2 is 1.03 bits per heavy atom. The monoisotopic (exact) mass is 1280 g/mol.